The summed E-state index contributed by atoms with van der Waals surface area (Å²) in [6, 6.07) is 1.67. The second-order valence-corrected chi connectivity index (χ2v) is 7.00. The molecule has 0 aromatic carbocycles. The summed E-state index contributed by atoms with van der Waals surface area (Å²) in [6.07, 6.45) is 5.73. The number of nitrogens with zero attached hydrogens (tertiary/aromatic N) is 6. The first-order chi connectivity index (χ1) is 11.5. The molecule has 0 spiro atoms. The monoisotopic (exact) mass is 330 g/mol. The van der Waals surface area contributed by atoms with Crippen molar-refractivity contribution >= 4 is 0 Å². The van der Waals surface area contributed by atoms with Crippen molar-refractivity contribution in [3.8, 4) is 0 Å². The van der Waals surface area contributed by atoms with E-state index in [1.54, 1.807) is 21.8 Å². The zero-order valence-electron chi connectivity index (χ0n) is 14.7. The molecule has 1 saturated heterocycles. The van der Waals surface area contributed by atoms with Crippen molar-refractivity contribution in [1.29, 1.82) is 0 Å². The van der Waals surface area contributed by atoms with Gasteiger partial charge >= 0.3 is 0 Å². The molecular weight excluding hydrogens is 304 g/mol. The Labute approximate surface area is 142 Å². The number of aromatic nitrogens is 5. The van der Waals surface area contributed by atoms with Crippen LogP contribution in [0.5, 0.6) is 0 Å². The van der Waals surface area contributed by atoms with Gasteiger partial charge in [-0.2, -0.15) is 15.0 Å². The second-order valence-electron chi connectivity index (χ2n) is 7.00. The summed E-state index contributed by atoms with van der Waals surface area (Å²) in [5.74, 6) is 0.823. The summed E-state index contributed by atoms with van der Waals surface area (Å²) in [5, 5.41) is 8.45. The fourth-order valence-corrected chi connectivity index (χ4v) is 3.19. The zero-order chi connectivity index (χ0) is 17.1. The normalized spacial score (nSPS) is 16.8. The molecule has 1 fully saturated rings. The van der Waals surface area contributed by atoms with Gasteiger partial charge in [0.1, 0.15) is 0 Å². The molecule has 7 nitrogen and oxygen atoms in total. The van der Waals surface area contributed by atoms with Gasteiger partial charge < -0.3 is 0 Å². The maximum Gasteiger partial charge on any atom is 0.253 e. The predicted octanol–water partition coefficient (Wildman–Crippen LogP) is 1.41. The molecular formula is C17H26N6O. The molecule has 0 amide bonds. The van der Waals surface area contributed by atoms with Gasteiger partial charge in [-0.25, -0.2) is 4.98 Å². The average Bonchev–Trinajstić information content (AvgIpc) is 2.96. The molecule has 0 bridgehead atoms. The minimum atomic E-state index is 0.0655. The van der Waals surface area contributed by atoms with Crippen molar-refractivity contribution in [3.05, 3.63) is 40.3 Å². The van der Waals surface area contributed by atoms with E-state index in [1.165, 1.54) is 0 Å². The molecule has 0 saturated carbocycles. The van der Waals surface area contributed by atoms with E-state index in [1.807, 2.05) is 13.2 Å². The quantitative estimate of drug-likeness (QED) is 0.829. The number of hydrogen-bond donors (Lipinski definition) is 0. The standard InChI is InChI=1S/C17H26N6O/c1-13(2)16-8-17(24)23(12-18-16)10-14-4-6-22(7-5-14)11-15-9-19-21(3)20-15/h8-9,12-14H,4-7,10-11H2,1-3H3. The highest BCUT2D eigenvalue weighted by Gasteiger charge is 2.20. The van der Waals surface area contributed by atoms with Gasteiger partial charge in [0.25, 0.3) is 5.56 Å². The topological polar surface area (TPSA) is 68.8 Å². The van der Waals surface area contributed by atoms with Crippen molar-refractivity contribution in [2.75, 3.05) is 13.1 Å². The van der Waals surface area contributed by atoms with Crippen LogP contribution < -0.4 is 5.56 Å². The van der Waals surface area contributed by atoms with E-state index in [4.69, 9.17) is 0 Å². The van der Waals surface area contributed by atoms with E-state index in [-0.39, 0.29) is 11.5 Å². The van der Waals surface area contributed by atoms with E-state index < -0.39 is 0 Å². The summed E-state index contributed by atoms with van der Waals surface area (Å²) in [5.41, 5.74) is 1.95. The molecule has 2 aromatic heterocycles. The number of piperidine rings is 1. The largest absolute Gasteiger partial charge is 0.299 e. The lowest BCUT2D eigenvalue weighted by Crippen LogP contribution is -2.36. The Hall–Kier alpha value is -2.02. The lowest BCUT2D eigenvalue weighted by molar-refractivity contribution is 0.164. The van der Waals surface area contributed by atoms with Gasteiger partial charge in [0, 0.05) is 26.2 Å². The van der Waals surface area contributed by atoms with Crippen LogP contribution in [0.1, 0.15) is 44.0 Å². The molecule has 0 radical (unpaired) electrons. The molecule has 1 aliphatic heterocycles. The summed E-state index contributed by atoms with van der Waals surface area (Å²) < 4.78 is 1.76. The molecule has 3 rings (SSSR count). The van der Waals surface area contributed by atoms with Gasteiger partial charge in [0.15, 0.2) is 0 Å². The molecule has 0 unspecified atom stereocenters. The van der Waals surface area contributed by atoms with E-state index in [0.717, 1.165) is 50.4 Å². The molecule has 1 aliphatic rings. The van der Waals surface area contributed by atoms with Crippen LogP contribution in [-0.4, -0.2) is 42.5 Å². The van der Waals surface area contributed by atoms with Gasteiger partial charge in [-0.1, -0.05) is 13.8 Å². The van der Waals surface area contributed by atoms with E-state index >= 15 is 0 Å². The molecule has 24 heavy (non-hydrogen) atoms. The Balaban J connectivity index is 1.53. The minimum absolute atomic E-state index is 0.0655. The van der Waals surface area contributed by atoms with Crippen LogP contribution in [0.3, 0.4) is 0 Å². The third-order valence-electron chi connectivity index (χ3n) is 4.69. The highest BCUT2D eigenvalue weighted by atomic mass is 16.1. The van der Waals surface area contributed by atoms with Gasteiger partial charge in [0.05, 0.1) is 23.9 Å². The lowest BCUT2D eigenvalue weighted by atomic mass is 9.96. The number of rotatable bonds is 5. The maximum absolute atomic E-state index is 12.2. The van der Waals surface area contributed by atoms with Crippen molar-refractivity contribution in [3.63, 3.8) is 0 Å². The third-order valence-corrected chi connectivity index (χ3v) is 4.69. The Morgan fingerprint density at radius 3 is 2.62 bits per heavy atom. The van der Waals surface area contributed by atoms with Crippen LogP contribution in [0.25, 0.3) is 0 Å². The highest BCUT2D eigenvalue weighted by Crippen LogP contribution is 2.20. The van der Waals surface area contributed by atoms with Crippen molar-refractivity contribution in [2.45, 2.75) is 45.7 Å². The van der Waals surface area contributed by atoms with Crippen LogP contribution in [-0.2, 0) is 20.1 Å². The molecule has 7 heteroatoms. The Morgan fingerprint density at radius 1 is 1.29 bits per heavy atom. The molecule has 0 aliphatic carbocycles. The summed E-state index contributed by atoms with van der Waals surface area (Å²) >= 11 is 0. The van der Waals surface area contributed by atoms with E-state index in [2.05, 4.69) is 33.9 Å². The fourth-order valence-electron chi connectivity index (χ4n) is 3.19. The average molecular weight is 330 g/mol. The molecule has 0 N–H and O–H groups in total. The zero-order valence-corrected chi connectivity index (χ0v) is 14.7. The highest BCUT2D eigenvalue weighted by molar-refractivity contribution is 5.04. The van der Waals surface area contributed by atoms with Crippen LogP contribution in [0.4, 0.5) is 0 Å². The smallest absolute Gasteiger partial charge is 0.253 e. The Bertz CT molecular complexity index is 727. The Kier molecular flexibility index (Phi) is 5.08. The van der Waals surface area contributed by atoms with Gasteiger partial charge in [-0.05, 0) is 37.8 Å². The first kappa shape index (κ1) is 16.8. The van der Waals surface area contributed by atoms with Crippen LogP contribution in [0.2, 0.25) is 0 Å². The summed E-state index contributed by atoms with van der Waals surface area (Å²) in [4.78, 5) is 20.6. The van der Waals surface area contributed by atoms with Crippen molar-refractivity contribution < 1.29 is 0 Å². The first-order valence-corrected chi connectivity index (χ1v) is 8.65. The predicted molar refractivity (Wildman–Crippen MR) is 91.6 cm³/mol. The van der Waals surface area contributed by atoms with Crippen molar-refractivity contribution in [1.82, 2.24) is 29.4 Å². The summed E-state index contributed by atoms with van der Waals surface area (Å²) in [7, 11) is 1.84. The second kappa shape index (κ2) is 7.25. The van der Waals surface area contributed by atoms with Gasteiger partial charge in [-0.3, -0.25) is 14.3 Å². The fraction of sp³-hybridized carbons (Fsp3) is 0.647. The molecule has 2 aromatic rings. The lowest BCUT2D eigenvalue weighted by Gasteiger charge is -2.31. The summed E-state index contributed by atoms with van der Waals surface area (Å²) in [6.45, 7) is 7.80. The molecule has 0 atom stereocenters. The number of hydrogen-bond acceptors (Lipinski definition) is 5. The SMILES string of the molecule is CC(C)c1cc(=O)n(CC2CCN(Cc3cnn(C)n3)CC2)cn1. The van der Waals surface area contributed by atoms with Crippen LogP contribution in [0, 0.1) is 5.92 Å². The maximum atomic E-state index is 12.2. The van der Waals surface area contributed by atoms with E-state index in [9.17, 15) is 4.79 Å². The Morgan fingerprint density at radius 2 is 2.04 bits per heavy atom. The van der Waals surface area contributed by atoms with Crippen LogP contribution in [0.15, 0.2) is 23.4 Å². The van der Waals surface area contributed by atoms with E-state index in [0.29, 0.717) is 5.92 Å². The van der Waals surface area contributed by atoms with Gasteiger partial charge in [0.2, 0.25) is 0 Å². The van der Waals surface area contributed by atoms with Crippen molar-refractivity contribution in [2.24, 2.45) is 13.0 Å². The third kappa shape index (κ3) is 4.08. The molecule has 3 heterocycles. The number of likely N-dealkylation sites (tertiary alicyclic amines) is 1. The van der Waals surface area contributed by atoms with Gasteiger partial charge in [-0.15, -0.1) is 0 Å². The minimum Gasteiger partial charge on any atom is -0.299 e. The van der Waals surface area contributed by atoms with Crippen LogP contribution >= 0.6 is 0 Å². The number of aryl methyl sites for hydroxylation is 1. The first-order valence-electron chi connectivity index (χ1n) is 8.65. The molecule has 130 valence electrons.